The third-order valence-electron chi connectivity index (χ3n) is 3.52. The van der Waals surface area contributed by atoms with Gasteiger partial charge in [0.05, 0.1) is 12.0 Å². The molecular weight excluding hydrogens is 354 g/mol. The van der Waals surface area contributed by atoms with Crippen LogP contribution in [0.1, 0.15) is 11.1 Å². The fraction of sp³-hybridized carbons (Fsp3) is 0.158. The van der Waals surface area contributed by atoms with Gasteiger partial charge in [0.15, 0.2) is 0 Å². The van der Waals surface area contributed by atoms with Crippen LogP contribution in [0.3, 0.4) is 0 Å². The predicted octanol–water partition coefficient (Wildman–Crippen LogP) is 4.61. The van der Waals surface area contributed by atoms with E-state index in [1.165, 1.54) is 23.5 Å². The Hall–Kier alpha value is -2.18. The van der Waals surface area contributed by atoms with E-state index in [0.29, 0.717) is 11.5 Å². The van der Waals surface area contributed by atoms with Gasteiger partial charge in [-0.15, -0.1) is 11.8 Å². The van der Waals surface area contributed by atoms with Gasteiger partial charge in [-0.25, -0.2) is 0 Å². The first-order chi connectivity index (χ1) is 12.2. The molecule has 0 saturated heterocycles. The first kappa shape index (κ1) is 17.6. The van der Waals surface area contributed by atoms with Crippen LogP contribution in [0.2, 0.25) is 0 Å². The number of methoxy groups -OCH3 is 1. The Kier molecular flexibility index (Phi) is 5.83. The Morgan fingerprint density at radius 3 is 2.36 bits per heavy atom. The first-order valence-corrected chi connectivity index (χ1v) is 9.64. The van der Waals surface area contributed by atoms with E-state index in [4.69, 9.17) is 9.47 Å². The largest absolute Gasteiger partial charge is 0.497 e. The van der Waals surface area contributed by atoms with Gasteiger partial charge in [-0.3, -0.25) is 4.79 Å². The van der Waals surface area contributed by atoms with Gasteiger partial charge in [0.1, 0.15) is 22.5 Å². The summed E-state index contributed by atoms with van der Waals surface area (Å²) in [7, 11) is 1.65. The van der Waals surface area contributed by atoms with Gasteiger partial charge in [0.25, 0.3) is 5.91 Å². The monoisotopic (exact) mass is 371 g/mol. The molecule has 4 nitrogen and oxygen atoms in total. The smallest absolute Gasteiger partial charge is 0.285 e. The number of hydrogen-bond acceptors (Lipinski definition) is 5. The van der Waals surface area contributed by atoms with Crippen molar-refractivity contribution in [2.24, 2.45) is 4.99 Å². The molecule has 0 radical (unpaired) electrons. The standard InChI is InChI=1S/C19H17NO3S2/c1-22-15-7-5-14(6-8-15)12-23-16-9-3-13(4-10-16)11-17-18(21)20-19(24-2)25-17/h3-11H,12H2,1-2H3. The highest BCUT2D eigenvalue weighted by Crippen LogP contribution is 2.32. The highest BCUT2D eigenvalue weighted by atomic mass is 32.2. The van der Waals surface area contributed by atoms with Crippen molar-refractivity contribution < 1.29 is 14.3 Å². The average Bonchev–Trinajstić information content (AvgIpc) is 3.01. The molecule has 0 N–H and O–H groups in total. The van der Waals surface area contributed by atoms with Gasteiger partial charge >= 0.3 is 0 Å². The highest BCUT2D eigenvalue weighted by Gasteiger charge is 2.20. The number of thioether (sulfide) groups is 2. The number of aliphatic imine (C=N–C) groups is 1. The molecule has 0 saturated carbocycles. The van der Waals surface area contributed by atoms with Crippen molar-refractivity contribution in [3.8, 4) is 11.5 Å². The molecule has 1 aliphatic rings. The molecule has 1 amide bonds. The van der Waals surface area contributed by atoms with Crippen LogP contribution >= 0.6 is 23.5 Å². The second-order valence-electron chi connectivity index (χ2n) is 5.20. The topological polar surface area (TPSA) is 47.9 Å². The van der Waals surface area contributed by atoms with Gasteiger partial charge in [-0.2, -0.15) is 4.99 Å². The second-order valence-corrected chi connectivity index (χ2v) is 7.29. The van der Waals surface area contributed by atoms with Gasteiger partial charge in [-0.1, -0.05) is 36.0 Å². The summed E-state index contributed by atoms with van der Waals surface area (Å²) in [5, 5.41) is 0. The molecule has 3 rings (SSSR count). The summed E-state index contributed by atoms with van der Waals surface area (Å²) in [4.78, 5) is 16.4. The number of rotatable bonds is 5. The van der Waals surface area contributed by atoms with Crippen molar-refractivity contribution in [2.45, 2.75) is 6.61 Å². The maximum Gasteiger partial charge on any atom is 0.285 e. The quantitative estimate of drug-likeness (QED) is 0.719. The Morgan fingerprint density at radius 2 is 1.76 bits per heavy atom. The number of benzene rings is 2. The summed E-state index contributed by atoms with van der Waals surface area (Å²) in [6, 6.07) is 15.4. The number of carbonyl (C=O) groups excluding carboxylic acids is 1. The van der Waals surface area contributed by atoms with Crippen LogP contribution in [0.15, 0.2) is 58.4 Å². The SMILES string of the molecule is COc1ccc(COc2ccc(C=C3SC(SC)=NC3=O)cc2)cc1. The number of carbonyl (C=O) groups is 1. The molecule has 0 fully saturated rings. The fourth-order valence-electron chi connectivity index (χ4n) is 2.18. The van der Waals surface area contributed by atoms with Crippen molar-refractivity contribution in [1.82, 2.24) is 0 Å². The predicted molar refractivity (Wildman–Crippen MR) is 105 cm³/mol. The third kappa shape index (κ3) is 4.67. The van der Waals surface area contributed by atoms with E-state index in [1.54, 1.807) is 7.11 Å². The van der Waals surface area contributed by atoms with E-state index in [9.17, 15) is 4.79 Å². The molecule has 0 bridgehead atoms. The molecular formula is C19H17NO3S2. The first-order valence-electron chi connectivity index (χ1n) is 7.60. The van der Waals surface area contributed by atoms with E-state index in [-0.39, 0.29) is 5.91 Å². The van der Waals surface area contributed by atoms with E-state index in [2.05, 4.69) is 4.99 Å². The van der Waals surface area contributed by atoms with E-state index in [1.807, 2.05) is 60.9 Å². The lowest BCUT2D eigenvalue weighted by molar-refractivity contribution is -0.113. The summed E-state index contributed by atoms with van der Waals surface area (Å²) < 4.78 is 11.7. The molecule has 0 unspecified atom stereocenters. The maximum absolute atomic E-state index is 11.8. The molecule has 0 atom stereocenters. The molecule has 2 aromatic rings. The van der Waals surface area contributed by atoms with Gasteiger partial charge < -0.3 is 9.47 Å². The number of hydrogen-bond donors (Lipinski definition) is 0. The Morgan fingerprint density at radius 1 is 1.08 bits per heavy atom. The number of ether oxygens (including phenoxy) is 2. The lowest BCUT2D eigenvalue weighted by atomic mass is 10.2. The molecule has 6 heteroatoms. The minimum Gasteiger partial charge on any atom is -0.497 e. The zero-order valence-electron chi connectivity index (χ0n) is 13.9. The van der Waals surface area contributed by atoms with Gasteiger partial charge in [0.2, 0.25) is 0 Å². The van der Waals surface area contributed by atoms with Crippen molar-refractivity contribution >= 4 is 39.9 Å². The summed E-state index contributed by atoms with van der Waals surface area (Å²) in [6.07, 6.45) is 3.77. The minimum atomic E-state index is -0.172. The highest BCUT2D eigenvalue weighted by molar-refractivity contribution is 8.40. The summed E-state index contributed by atoms with van der Waals surface area (Å²) in [6.45, 7) is 0.490. The minimum absolute atomic E-state index is 0.172. The maximum atomic E-state index is 11.8. The van der Waals surface area contributed by atoms with Gasteiger partial charge in [0, 0.05) is 0 Å². The fourth-order valence-corrected chi connectivity index (χ4v) is 3.60. The lowest BCUT2D eigenvalue weighted by Crippen LogP contribution is -1.95. The zero-order chi connectivity index (χ0) is 17.6. The van der Waals surface area contributed by atoms with Crippen molar-refractivity contribution in [2.75, 3.05) is 13.4 Å². The molecule has 2 aromatic carbocycles. The van der Waals surface area contributed by atoms with Crippen molar-refractivity contribution in [3.63, 3.8) is 0 Å². The summed E-state index contributed by atoms with van der Waals surface area (Å²) in [5.41, 5.74) is 2.02. The van der Waals surface area contributed by atoms with Crippen molar-refractivity contribution in [1.29, 1.82) is 0 Å². The summed E-state index contributed by atoms with van der Waals surface area (Å²) >= 11 is 2.89. The van der Waals surface area contributed by atoms with Crippen molar-refractivity contribution in [3.05, 3.63) is 64.6 Å². The third-order valence-corrected chi connectivity index (χ3v) is 5.49. The molecule has 1 aliphatic heterocycles. The molecule has 25 heavy (non-hydrogen) atoms. The van der Waals surface area contributed by atoms with Crippen LogP contribution < -0.4 is 9.47 Å². The van der Waals surface area contributed by atoms with E-state index >= 15 is 0 Å². The number of amides is 1. The molecule has 0 aromatic heterocycles. The van der Waals surface area contributed by atoms with Gasteiger partial charge in [-0.05, 0) is 47.7 Å². The zero-order valence-corrected chi connectivity index (χ0v) is 15.5. The van der Waals surface area contributed by atoms with Crippen LogP contribution in [0.4, 0.5) is 0 Å². The second kappa shape index (κ2) is 8.27. The number of nitrogens with zero attached hydrogens (tertiary/aromatic N) is 1. The van der Waals surface area contributed by atoms with E-state index < -0.39 is 0 Å². The lowest BCUT2D eigenvalue weighted by Gasteiger charge is -2.07. The summed E-state index contributed by atoms with van der Waals surface area (Å²) in [5.74, 6) is 1.44. The molecule has 0 aliphatic carbocycles. The average molecular weight is 371 g/mol. The normalized spacial score (nSPS) is 15.4. The van der Waals surface area contributed by atoms with Crippen LogP contribution in [0.25, 0.3) is 6.08 Å². The van der Waals surface area contributed by atoms with Crippen LogP contribution in [-0.4, -0.2) is 23.6 Å². The van der Waals surface area contributed by atoms with Crippen LogP contribution in [-0.2, 0) is 11.4 Å². The molecule has 128 valence electrons. The Bertz CT molecular complexity index is 812. The molecule has 1 heterocycles. The Balaban J connectivity index is 1.59. The van der Waals surface area contributed by atoms with E-state index in [0.717, 1.165) is 27.0 Å². The Labute approximate surface area is 155 Å². The van der Waals surface area contributed by atoms with Crippen LogP contribution in [0, 0.1) is 0 Å². The van der Waals surface area contributed by atoms with Crippen LogP contribution in [0.5, 0.6) is 11.5 Å². The molecule has 0 spiro atoms.